The summed E-state index contributed by atoms with van der Waals surface area (Å²) in [5, 5.41) is 4.56. The molecule has 0 bridgehead atoms. The van der Waals surface area contributed by atoms with Crippen LogP contribution in [-0.2, 0) is 11.3 Å². The lowest BCUT2D eigenvalue weighted by molar-refractivity contribution is 0.244. The van der Waals surface area contributed by atoms with E-state index in [9.17, 15) is 0 Å². The van der Waals surface area contributed by atoms with Crippen LogP contribution in [0, 0.1) is 0 Å². The molecule has 0 aliphatic carbocycles. The fourth-order valence-corrected chi connectivity index (χ4v) is 1.75. The summed E-state index contributed by atoms with van der Waals surface area (Å²) in [6, 6.07) is 4.04. The predicted molar refractivity (Wildman–Crippen MR) is 68.6 cm³/mol. The smallest absolute Gasteiger partial charge is 0.137 e. The molecule has 4 heteroatoms. The van der Waals surface area contributed by atoms with E-state index in [1.807, 2.05) is 12.3 Å². The van der Waals surface area contributed by atoms with Crippen LogP contribution in [0.25, 0.3) is 11.0 Å². The minimum Gasteiger partial charge on any atom is -0.502 e. The Labute approximate surface area is 101 Å². The molecular weight excluding hydrogens is 214 g/mol. The third-order valence-electron chi connectivity index (χ3n) is 2.59. The Balaban J connectivity index is 1.81. The normalized spacial score (nSPS) is 10.6. The maximum Gasteiger partial charge on any atom is 0.137 e. The molecule has 0 spiro atoms. The summed E-state index contributed by atoms with van der Waals surface area (Å²) >= 11 is 0. The fraction of sp³-hybridized carbons (Fsp3) is 0.308. The Kier molecular flexibility index (Phi) is 4.16. The van der Waals surface area contributed by atoms with Crippen LogP contribution in [0.15, 0.2) is 37.4 Å². The minimum absolute atomic E-state index is 0.714. The van der Waals surface area contributed by atoms with Gasteiger partial charge in [-0.2, -0.15) is 0 Å². The maximum absolute atomic E-state index is 5.05. The molecule has 0 atom stereocenters. The van der Waals surface area contributed by atoms with Gasteiger partial charge < -0.3 is 15.0 Å². The lowest BCUT2D eigenvalue weighted by atomic mass is 10.2. The van der Waals surface area contributed by atoms with E-state index >= 15 is 0 Å². The SMILES string of the molecule is C=COCCCNCc1c[nH]c2ncccc12. The van der Waals surface area contributed by atoms with Crippen LogP contribution >= 0.6 is 0 Å². The highest BCUT2D eigenvalue weighted by Crippen LogP contribution is 2.14. The van der Waals surface area contributed by atoms with Crippen molar-refractivity contribution in [1.82, 2.24) is 15.3 Å². The number of hydrogen-bond acceptors (Lipinski definition) is 3. The number of pyridine rings is 1. The van der Waals surface area contributed by atoms with Gasteiger partial charge in [-0.05, 0) is 30.7 Å². The molecule has 0 aromatic carbocycles. The van der Waals surface area contributed by atoms with E-state index in [4.69, 9.17) is 4.74 Å². The van der Waals surface area contributed by atoms with Crippen LogP contribution < -0.4 is 5.32 Å². The number of aromatic amines is 1. The highest BCUT2D eigenvalue weighted by atomic mass is 16.5. The van der Waals surface area contributed by atoms with Crippen molar-refractivity contribution in [2.45, 2.75) is 13.0 Å². The molecule has 0 amide bonds. The van der Waals surface area contributed by atoms with Gasteiger partial charge in [0.05, 0.1) is 12.9 Å². The molecule has 0 radical (unpaired) electrons. The van der Waals surface area contributed by atoms with Gasteiger partial charge in [-0.3, -0.25) is 0 Å². The summed E-state index contributed by atoms with van der Waals surface area (Å²) in [6.07, 6.45) is 6.26. The fourth-order valence-electron chi connectivity index (χ4n) is 1.75. The zero-order valence-corrected chi connectivity index (χ0v) is 9.78. The van der Waals surface area contributed by atoms with Gasteiger partial charge >= 0.3 is 0 Å². The van der Waals surface area contributed by atoms with Gasteiger partial charge in [-0.15, -0.1) is 0 Å². The molecule has 0 unspecified atom stereocenters. The number of ether oxygens (including phenoxy) is 1. The van der Waals surface area contributed by atoms with E-state index in [2.05, 4.69) is 27.9 Å². The van der Waals surface area contributed by atoms with Crippen molar-refractivity contribution in [3.63, 3.8) is 0 Å². The Morgan fingerprint density at radius 2 is 2.47 bits per heavy atom. The summed E-state index contributed by atoms with van der Waals surface area (Å²) < 4.78 is 5.05. The topological polar surface area (TPSA) is 49.9 Å². The first-order chi connectivity index (χ1) is 8.42. The molecule has 4 nitrogen and oxygen atoms in total. The summed E-state index contributed by atoms with van der Waals surface area (Å²) in [5.74, 6) is 0. The third-order valence-corrected chi connectivity index (χ3v) is 2.59. The molecule has 2 aromatic rings. The lowest BCUT2D eigenvalue weighted by Crippen LogP contribution is -2.15. The minimum atomic E-state index is 0.714. The molecular formula is C13H17N3O. The molecule has 2 aromatic heterocycles. The standard InChI is InChI=1S/C13H17N3O/c1-2-17-8-4-6-14-9-11-10-16-13-12(11)5-3-7-15-13/h2-3,5,7,10,14H,1,4,6,8-9H2,(H,15,16). The lowest BCUT2D eigenvalue weighted by Gasteiger charge is -2.03. The molecule has 90 valence electrons. The van der Waals surface area contributed by atoms with Crippen LogP contribution in [-0.4, -0.2) is 23.1 Å². The van der Waals surface area contributed by atoms with E-state index < -0.39 is 0 Å². The summed E-state index contributed by atoms with van der Waals surface area (Å²) in [6.45, 7) is 5.99. The van der Waals surface area contributed by atoms with Crippen LogP contribution in [0.1, 0.15) is 12.0 Å². The predicted octanol–water partition coefficient (Wildman–Crippen LogP) is 2.20. The highest BCUT2D eigenvalue weighted by molar-refractivity contribution is 5.79. The van der Waals surface area contributed by atoms with E-state index in [1.165, 1.54) is 17.2 Å². The summed E-state index contributed by atoms with van der Waals surface area (Å²) in [7, 11) is 0. The van der Waals surface area contributed by atoms with Crippen LogP contribution in [0.2, 0.25) is 0 Å². The van der Waals surface area contributed by atoms with Crippen molar-refractivity contribution in [2.75, 3.05) is 13.2 Å². The number of aromatic nitrogens is 2. The first-order valence-corrected chi connectivity index (χ1v) is 5.76. The second kappa shape index (κ2) is 6.06. The Morgan fingerprint density at radius 1 is 1.53 bits per heavy atom. The average Bonchev–Trinajstić information content (AvgIpc) is 2.77. The molecule has 17 heavy (non-hydrogen) atoms. The maximum atomic E-state index is 5.05. The van der Waals surface area contributed by atoms with E-state index in [0.717, 1.165) is 25.2 Å². The second-order valence-electron chi connectivity index (χ2n) is 3.78. The zero-order chi connectivity index (χ0) is 11.9. The van der Waals surface area contributed by atoms with E-state index in [0.29, 0.717) is 6.61 Å². The third kappa shape index (κ3) is 3.07. The molecule has 0 aliphatic heterocycles. The summed E-state index contributed by atoms with van der Waals surface area (Å²) in [4.78, 5) is 7.42. The average molecular weight is 231 g/mol. The van der Waals surface area contributed by atoms with Gasteiger partial charge in [0.1, 0.15) is 5.65 Å². The second-order valence-corrected chi connectivity index (χ2v) is 3.78. The van der Waals surface area contributed by atoms with Crippen LogP contribution in [0.3, 0.4) is 0 Å². The molecule has 2 N–H and O–H groups in total. The van der Waals surface area contributed by atoms with Crippen LogP contribution in [0.5, 0.6) is 0 Å². The van der Waals surface area contributed by atoms with Gasteiger partial charge in [0.2, 0.25) is 0 Å². The van der Waals surface area contributed by atoms with E-state index in [1.54, 1.807) is 6.20 Å². The van der Waals surface area contributed by atoms with Crippen LogP contribution in [0.4, 0.5) is 0 Å². The van der Waals surface area contributed by atoms with Gasteiger partial charge in [0, 0.05) is 24.3 Å². The first-order valence-electron chi connectivity index (χ1n) is 5.76. The molecule has 2 rings (SSSR count). The van der Waals surface area contributed by atoms with Gasteiger partial charge in [0.25, 0.3) is 0 Å². The molecule has 2 heterocycles. The van der Waals surface area contributed by atoms with Crippen molar-refractivity contribution < 1.29 is 4.74 Å². The van der Waals surface area contributed by atoms with Crippen molar-refractivity contribution in [3.05, 3.63) is 42.9 Å². The summed E-state index contributed by atoms with van der Waals surface area (Å²) in [5.41, 5.74) is 2.19. The largest absolute Gasteiger partial charge is 0.502 e. The number of rotatable bonds is 7. The van der Waals surface area contributed by atoms with Crippen molar-refractivity contribution in [2.24, 2.45) is 0 Å². The highest BCUT2D eigenvalue weighted by Gasteiger charge is 2.02. The number of fused-ring (bicyclic) bond motifs is 1. The van der Waals surface area contributed by atoms with E-state index in [-0.39, 0.29) is 0 Å². The number of nitrogens with zero attached hydrogens (tertiary/aromatic N) is 1. The Hall–Kier alpha value is -1.81. The van der Waals surface area contributed by atoms with Gasteiger partial charge in [-0.25, -0.2) is 4.98 Å². The van der Waals surface area contributed by atoms with Crippen molar-refractivity contribution >= 4 is 11.0 Å². The van der Waals surface area contributed by atoms with Crippen molar-refractivity contribution in [3.8, 4) is 0 Å². The molecule has 0 aliphatic rings. The number of hydrogen-bond donors (Lipinski definition) is 2. The molecule has 0 fully saturated rings. The van der Waals surface area contributed by atoms with Gasteiger partial charge in [-0.1, -0.05) is 6.58 Å². The number of nitrogens with one attached hydrogen (secondary N) is 2. The van der Waals surface area contributed by atoms with Gasteiger partial charge in [0.15, 0.2) is 0 Å². The first kappa shape index (κ1) is 11.7. The quantitative estimate of drug-likeness (QED) is 0.567. The monoisotopic (exact) mass is 231 g/mol. The Bertz CT molecular complexity index is 478. The van der Waals surface area contributed by atoms with Crippen molar-refractivity contribution in [1.29, 1.82) is 0 Å². The molecule has 0 saturated carbocycles. The molecule has 0 saturated heterocycles. The zero-order valence-electron chi connectivity index (χ0n) is 9.78. The Morgan fingerprint density at radius 3 is 3.35 bits per heavy atom. The number of H-pyrrole nitrogens is 1.